The average Bonchev–Trinajstić information content (AvgIpc) is 2.55. The molecule has 1 aliphatic rings. The van der Waals surface area contributed by atoms with Crippen LogP contribution in [0.15, 0.2) is 53.4 Å². The molecule has 2 amide bonds. The molecule has 130 valence electrons. The van der Waals surface area contributed by atoms with E-state index in [1.165, 1.54) is 6.07 Å². The molecule has 25 heavy (non-hydrogen) atoms. The van der Waals surface area contributed by atoms with Crippen LogP contribution < -0.4 is 10.6 Å². The number of fused-ring (bicyclic) bond motifs is 1. The van der Waals surface area contributed by atoms with E-state index in [2.05, 4.69) is 10.6 Å². The molecule has 2 aromatic rings. The van der Waals surface area contributed by atoms with Crippen molar-refractivity contribution in [1.82, 2.24) is 0 Å². The third kappa shape index (κ3) is 4.14. The molecule has 0 spiro atoms. The van der Waals surface area contributed by atoms with Gasteiger partial charge in [0, 0.05) is 17.0 Å². The van der Waals surface area contributed by atoms with E-state index in [0.29, 0.717) is 10.6 Å². The fourth-order valence-electron chi connectivity index (χ4n) is 2.36. The van der Waals surface area contributed by atoms with Gasteiger partial charge >= 0.3 is 6.18 Å². The number of para-hydroxylation sites is 1. The van der Waals surface area contributed by atoms with E-state index in [9.17, 15) is 22.8 Å². The number of benzene rings is 2. The van der Waals surface area contributed by atoms with Crippen LogP contribution in [0.25, 0.3) is 0 Å². The monoisotopic (exact) mass is 366 g/mol. The number of thioether (sulfide) groups is 1. The molecule has 3 rings (SSSR count). The van der Waals surface area contributed by atoms with Gasteiger partial charge in [0.25, 0.3) is 0 Å². The average molecular weight is 366 g/mol. The van der Waals surface area contributed by atoms with Crippen LogP contribution in [-0.2, 0) is 15.8 Å². The summed E-state index contributed by atoms with van der Waals surface area (Å²) in [5.41, 5.74) is -0.0964. The minimum atomic E-state index is -4.48. The van der Waals surface area contributed by atoms with Crippen LogP contribution in [0.2, 0.25) is 0 Å². The molecule has 4 nitrogen and oxygen atoms in total. The fourth-order valence-corrected chi connectivity index (χ4v) is 3.45. The molecule has 0 radical (unpaired) electrons. The lowest BCUT2D eigenvalue weighted by Crippen LogP contribution is -2.32. The van der Waals surface area contributed by atoms with E-state index in [1.54, 1.807) is 24.3 Å². The van der Waals surface area contributed by atoms with Crippen LogP contribution in [0.1, 0.15) is 12.0 Å². The summed E-state index contributed by atoms with van der Waals surface area (Å²) >= 11 is 1.08. The van der Waals surface area contributed by atoms with Crippen molar-refractivity contribution in [2.75, 3.05) is 10.6 Å². The van der Waals surface area contributed by atoms with Crippen molar-refractivity contribution in [3.63, 3.8) is 0 Å². The van der Waals surface area contributed by atoms with E-state index in [4.69, 9.17) is 0 Å². The smallest absolute Gasteiger partial charge is 0.326 e. The Bertz CT molecular complexity index is 809. The second-order valence-electron chi connectivity index (χ2n) is 5.42. The largest absolute Gasteiger partial charge is 0.416 e. The molecule has 1 aliphatic heterocycles. The number of hydrogen-bond acceptors (Lipinski definition) is 3. The summed E-state index contributed by atoms with van der Waals surface area (Å²) < 4.78 is 38.2. The molecular formula is C17H13F3N2O2S. The van der Waals surface area contributed by atoms with Crippen molar-refractivity contribution in [1.29, 1.82) is 0 Å². The number of carbonyl (C=O) groups is 2. The standard InChI is InChI=1S/C17H13F3N2O2S/c18-17(19,20)10-6-7-13-12(8-10)22-16(24)14(25-13)9-15(23)21-11-4-2-1-3-5-11/h1-8,14H,9H2,(H,21,23)(H,22,24). The Morgan fingerprint density at radius 3 is 2.56 bits per heavy atom. The number of anilines is 2. The molecule has 0 saturated heterocycles. The van der Waals surface area contributed by atoms with Gasteiger partial charge in [-0.3, -0.25) is 9.59 Å². The number of hydrogen-bond donors (Lipinski definition) is 2. The van der Waals surface area contributed by atoms with Crippen LogP contribution in [0.4, 0.5) is 24.5 Å². The first-order valence-electron chi connectivity index (χ1n) is 7.36. The van der Waals surface area contributed by atoms with Crippen LogP contribution in [0.3, 0.4) is 0 Å². The Morgan fingerprint density at radius 2 is 1.88 bits per heavy atom. The first-order valence-corrected chi connectivity index (χ1v) is 8.24. The van der Waals surface area contributed by atoms with E-state index < -0.39 is 22.9 Å². The number of halogens is 3. The molecule has 1 heterocycles. The molecular weight excluding hydrogens is 353 g/mol. The number of alkyl halides is 3. The molecule has 8 heteroatoms. The molecule has 2 aromatic carbocycles. The van der Waals surface area contributed by atoms with E-state index in [-0.39, 0.29) is 18.0 Å². The molecule has 1 unspecified atom stereocenters. The fraction of sp³-hybridized carbons (Fsp3) is 0.176. The highest BCUT2D eigenvalue weighted by Gasteiger charge is 2.34. The summed E-state index contributed by atoms with van der Waals surface area (Å²) in [5, 5.41) is 4.43. The van der Waals surface area contributed by atoms with Gasteiger partial charge in [0.2, 0.25) is 11.8 Å². The first kappa shape index (κ1) is 17.3. The summed E-state index contributed by atoms with van der Waals surface area (Å²) in [7, 11) is 0. The zero-order chi connectivity index (χ0) is 18.0. The minimum absolute atomic E-state index is 0.0775. The van der Waals surface area contributed by atoms with Crippen LogP contribution in [0, 0.1) is 0 Å². The van der Waals surface area contributed by atoms with E-state index in [0.717, 1.165) is 23.9 Å². The van der Waals surface area contributed by atoms with Crippen LogP contribution in [-0.4, -0.2) is 17.1 Å². The number of rotatable bonds is 3. The topological polar surface area (TPSA) is 58.2 Å². The number of nitrogens with one attached hydrogen (secondary N) is 2. The van der Waals surface area contributed by atoms with Gasteiger partial charge in [-0.25, -0.2) is 0 Å². The maximum absolute atomic E-state index is 12.7. The summed E-state index contributed by atoms with van der Waals surface area (Å²) in [5.74, 6) is -0.825. The molecule has 2 N–H and O–H groups in total. The predicted octanol–water partition coefficient (Wildman–Crippen LogP) is 4.15. The molecule has 1 atom stereocenters. The number of carbonyl (C=O) groups excluding carboxylic acids is 2. The third-order valence-corrected chi connectivity index (χ3v) is 4.83. The summed E-state index contributed by atoms with van der Waals surface area (Å²) in [6.07, 6.45) is -4.55. The minimum Gasteiger partial charge on any atom is -0.326 e. The van der Waals surface area contributed by atoms with Gasteiger partial charge in [0.05, 0.1) is 16.5 Å². The Kier molecular flexibility index (Phi) is 4.71. The molecule has 0 aromatic heterocycles. The lowest BCUT2D eigenvalue weighted by molar-refractivity contribution is -0.137. The Morgan fingerprint density at radius 1 is 1.16 bits per heavy atom. The van der Waals surface area contributed by atoms with Crippen LogP contribution >= 0.6 is 11.8 Å². The number of amides is 2. The van der Waals surface area contributed by atoms with E-state index >= 15 is 0 Å². The van der Waals surface area contributed by atoms with E-state index in [1.807, 2.05) is 6.07 Å². The maximum atomic E-state index is 12.7. The van der Waals surface area contributed by atoms with Gasteiger partial charge in [-0.2, -0.15) is 13.2 Å². The zero-order valence-corrected chi connectivity index (χ0v) is 13.6. The Balaban J connectivity index is 1.69. The Labute approximate surface area is 145 Å². The van der Waals surface area contributed by atoms with Crippen molar-refractivity contribution < 1.29 is 22.8 Å². The SMILES string of the molecule is O=C(CC1Sc2ccc(C(F)(F)F)cc2NC1=O)Nc1ccccc1. The second-order valence-corrected chi connectivity index (χ2v) is 6.67. The highest BCUT2D eigenvalue weighted by atomic mass is 32.2. The first-order chi connectivity index (χ1) is 11.8. The molecule has 0 aliphatic carbocycles. The summed E-state index contributed by atoms with van der Waals surface area (Å²) in [6, 6.07) is 12.0. The van der Waals surface area contributed by atoms with Gasteiger partial charge in [0.15, 0.2) is 0 Å². The molecule has 0 fully saturated rings. The van der Waals surface area contributed by atoms with Crippen molar-refractivity contribution in [3.05, 3.63) is 54.1 Å². The summed E-state index contributed by atoms with van der Waals surface area (Å²) in [6.45, 7) is 0. The maximum Gasteiger partial charge on any atom is 0.416 e. The van der Waals surface area contributed by atoms with Gasteiger partial charge in [-0.05, 0) is 30.3 Å². The Hall–Kier alpha value is -2.48. The lowest BCUT2D eigenvalue weighted by Gasteiger charge is -2.24. The predicted molar refractivity (Wildman–Crippen MR) is 89.4 cm³/mol. The van der Waals surface area contributed by atoms with Gasteiger partial charge in [0.1, 0.15) is 0 Å². The second kappa shape index (κ2) is 6.79. The highest BCUT2D eigenvalue weighted by molar-refractivity contribution is 8.01. The van der Waals surface area contributed by atoms with Crippen molar-refractivity contribution in [2.24, 2.45) is 0 Å². The lowest BCUT2D eigenvalue weighted by atomic mass is 10.1. The van der Waals surface area contributed by atoms with Gasteiger partial charge in [-0.1, -0.05) is 18.2 Å². The third-order valence-electron chi connectivity index (χ3n) is 3.55. The van der Waals surface area contributed by atoms with Gasteiger partial charge in [-0.15, -0.1) is 11.8 Å². The molecule has 0 bridgehead atoms. The van der Waals surface area contributed by atoms with Crippen molar-refractivity contribution in [3.8, 4) is 0 Å². The normalized spacial score (nSPS) is 16.8. The zero-order valence-electron chi connectivity index (χ0n) is 12.8. The summed E-state index contributed by atoms with van der Waals surface area (Å²) in [4.78, 5) is 24.7. The van der Waals surface area contributed by atoms with Crippen molar-refractivity contribution in [2.45, 2.75) is 22.7 Å². The van der Waals surface area contributed by atoms with Crippen molar-refractivity contribution >= 4 is 35.0 Å². The molecule has 0 saturated carbocycles. The van der Waals surface area contributed by atoms with Gasteiger partial charge < -0.3 is 10.6 Å². The quantitative estimate of drug-likeness (QED) is 0.858. The van der Waals surface area contributed by atoms with Crippen LogP contribution in [0.5, 0.6) is 0 Å². The highest BCUT2D eigenvalue weighted by Crippen LogP contribution is 2.40.